The second-order valence-electron chi connectivity index (χ2n) is 6.24. The molecule has 31 heavy (non-hydrogen) atoms. The SMILES string of the molecule is O=C1/C(=C/c2ccc(-c3ccc(Cl)c([N+](=O)[O-])c3)o2)SC(=S)N1c1ccc(Cl)c(Cl)c1. The highest BCUT2D eigenvalue weighted by molar-refractivity contribution is 8.27. The van der Waals surface area contributed by atoms with Gasteiger partial charge in [-0.3, -0.25) is 19.8 Å². The van der Waals surface area contributed by atoms with Crippen molar-refractivity contribution in [2.75, 3.05) is 4.90 Å². The van der Waals surface area contributed by atoms with Gasteiger partial charge in [-0.25, -0.2) is 0 Å². The standard InChI is InChI=1S/C20H9Cl3N2O4S2/c21-13-5-2-11(8-15(13)23)24-19(26)18(31-20(24)30)9-12-3-6-17(29-12)10-1-4-14(22)16(7-10)25(27)28/h1-9H/b18-9-. The minimum absolute atomic E-state index is 0.0338. The number of hydrogen-bond acceptors (Lipinski definition) is 6. The van der Waals surface area contributed by atoms with Crippen LogP contribution in [-0.2, 0) is 4.79 Å². The maximum atomic E-state index is 12.9. The van der Waals surface area contributed by atoms with Crippen molar-refractivity contribution in [3.63, 3.8) is 0 Å². The Morgan fingerprint density at radius 2 is 1.77 bits per heavy atom. The van der Waals surface area contributed by atoms with Crippen LogP contribution in [0.3, 0.4) is 0 Å². The molecule has 6 nitrogen and oxygen atoms in total. The smallest absolute Gasteiger partial charge is 0.288 e. The van der Waals surface area contributed by atoms with Gasteiger partial charge in [-0.15, -0.1) is 0 Å². The van der Waals surface area contributed by atoms with Crippen molar-refractivity contribution in [2.45, 2.75) is 0 Å². The van der Waals surface area contributed by atoms with Crippen molar-refractivity contribution >= 4 is 86.5 Å². The van der Waals surface area contributed by atoms with Crippen LogP contribution in [0.5, 0.6) is 0 Å². The topological polar surface area (TPSA) is 76.6 Å². The summed E-state index contributed by atoms with van der Waals surface area (Å²) >= 11 is 24.3. The Balaban J connectivity index is 1.62. The summed E-state index contributed by atoms with van der Waals surface area (Å²) in [5, 5.41) is 11.8. The number of anilines is 1. The molecule has 1 aliphatic heterocycles. The summed E-state index contributed by atoms with van der Waals surface area (Å²) in [7, 11) is 0. The molecule has 1 aliphatic rings. The molecular weight excluding hydrogens is 503 g/mol. The molecule has 1 saturated heterocycles. The second kappa shape index (κ2) is 8.64. The van der Waals surface area contributed by atoms with Gasteiger partial charge in [-0.05, 0) is 42.5 Å². The van der Waals surface area contributed by atoms with Crippen LogP contribution >= 0.6 is 58.8 Å². The molecule has 1 fully saturated rings. The number of nitrogens with zero attached hydrogens (tertiary/aromatic N) is 2. The van der Waals surface area contributed by atoms with Crippen LogP contribution in [0.2, 0.25) is 15.1 Å². The molecule has 0 aliphatic carbocycles. The number of carbonyl (C=O) groups excluding carboxylic acids is 1. The Bertz CT molecular complexity index is 1290. The largest absolute Gasteiger partial charge is 0.457 e. The van der Waals surface area contributed by atoms with Gasteiger partial charge in [0, 0.05) is 17.7 Å². The molecule has 4 rings (SSSR count). The third-order valence-corrected chi connectivity index (χ3v) is 6.64. The summed E-state index contributed by atoms with van der Waals surface area (Å²) < 4.78 is 6.10. The molecule has 0 spiro atoms. The number of furan rings is 1. The van der Waals surface area contributed by atoms with Crippen molar-refractivity contribution in [3.05, 3.63) is 84.4 Å². The Morgan fingerprint density at radius 3 is 2.48 bits per heavy atom. The van der Waals surface area contributed by atoms with Crippen molar-refractivity contribution in [3.8, 4) is 11.3 Å². The summed E-state index contributed by atoms with van der Waals surface area (Å²) in [6.45, 7) is 0. The van der Waals surface area contributed by atoms with E-state index in [4.69, 9.17) is 51.4 Å². The van der Waals surface area contributed by atoms with Crippen LogP contribution in [0.25, 0.3) is 17.4 Å². The number of hydrogen-bond donors (Lipinski definition) is 0. The number of thiocarbonyl (C=S) groups is 1. The fourth-order valence-corrected chi connectivity index (χ4v) is 4.59. The average molecular weight is 512 g/mol. The van der Waals surface area contributed by atoms with E-state index in [0.717, 1.165) is 11.8 Å². The molecule has 156 valence electrons. The molecule has 0 radical (unpaired) electrons. The van der Waals surface area contributed by atoms with Crippen LogP contribution in [0.4, 0.5) is 11.4 Å². The molecule has 2 heterocycles. The van der Waals surface area contributed by atoms with E-state index in [-0.39, 0.29) is 16.6 Å². The van der Waals surface area contributed by atoms with Gasteiger partial charge in [0.1, 0.15) is 16.5 Å². The van der Waals surface area contributed by atoms with Gasteiger partial charge in [0.2, 0.25) is 0 Å². The van der Waals surface area contributed by atoms with Crippen LogP contribution < -0.4 is 4.90 Å². The van der Waals surface area contributed by atoms with Gasteiger partial charge in [0.25, 0.3) is 11.6 Å². The van der Waals surface area contributed by atoms with Crippen molar-refractivity contribution < 1.29 is 14.1 Å². The minimum Gasteiger partial charge on any atom is -0.457 e. The van der Waals surface area contributed by atoms with Crippen molar-refractivity contribution in [1.82, 2.24) is 0 Å². The first-order chi connectivity index (χ1) is 14.7. The summed E-state index contributed by atoms with van der Waals surface area (Å²) in [4.78, 5) is 25.2. The van der Waals surface area contributed by atoms with Gasteiger partial charge in [-0.2, -0.15) is 0 Å². The third kappa shape index (κ3) is 4.35. The van der Waals surface area contributed by atoms with E-state index >= 15 is 0 Å². The molecule has 3 aromatic rings. The lowest BCUT2D eigenvalue weighted by Crippen LogP contribution is -2.27. The number of halogens is 3. The molecule has 0 bridgehead atoms. The van der Waals surface area contributed by atoms with E-state index in [9.17, 15) is 14.9 Å². The zero-order valence-corrected chi connectivity index (χ0v) is 19.1. The maximum Gasteiger partial charge on any atom is 0.288 e. The number of benzene rings is 2. The Labute approximate surface area is 200 Å². The number of nitro benzene ring substituents is 1. The highest BCUT2D eigenvalue weighted by atomic mass is 35.5. The lowest BCUT2D eigenvalue weighted by atomic mass is 10.1. The van der Waals surface area contributed by atoms with Crippen LogP contribution in [0, 0.1) is 10.1 Å². The first-order valence-electron chi connectivity index (χ1n) is 8.52. The molecule has 1 aromatic heterocycles. The fraction of sp³-hybridized carbons (Fsp3) is 0. The summed E-state index contributed by atoms with van der Waals surface area (Å²) in [5.41, 5.74) is 0.771. The third-order valence-electron chi connectivity index (χ3n) is 4.28. The molecule has 1 amide bonds. The molecule has 0 unspecified atom stereocenters. The number of carbonyl (C=O) groups is 1. The zero-order valence-electron chi connectivity index (χ0n) is 15.2. The molecular formula is C20H9Cl3N2O4S2. The van der Waals surface area contributed by atoms with Crippen LogP contribution in [-0.4, -0.2) is 15.2 Å². The van der Waals surface area contributed by atoms with Gasteiger partial charge in [-0.1, -0.05) is 58.8 Å². The summed E-state index contributed by atoms with van der Waals surface area (Å²) in [5.74, 6) is 0.460. The van der Waals surface area contributed by atoms with Crippen molar-refractivity contribution in [2.24, 2.45) is 0 Å². The van der Waals surface area contributed by atoms with Crippen molar-refractivity contribution in [1.29, 1.82) is 0 Å². The number of thioether (sulfide) groups is 1. The number of amides is 1. The highest BCUT2D eigenvalue weighted by Crippen LogP contribution is 2.38. The fourth-order valence-electron chi connectivity index (χ4n) is 2.84. The maximum absolute atomic E-state index is 12.9. The first kappa shape index (κ1) is 21.9. The molecule has 11 heteroatoms. The molecule has 2 aromatic carbocycles. The lowest BCUT2D eigenvalue weighted by Gasteiger charge is -2.15. The molecule has 0 saturated carbocycles. The minimum atomic E-state index is -0.565. The van der Waals surface area contributed by atoms with E-state index < -0.39 is 4.92 Å². The van der Waals surface area contributed by atoms with Gasteiger partial charge in [0.05, 0.1) is 25.6 Å². The van der Waals surface area contributed by atoms with E-state index in [1.165, 1.54) is 17.0 Å². The highest BCUT2D eigenvalue weighted by Gasteiger charge is 2.33. The van der Waals surface area contributed by atoms with Gasteiger partial charge < -0.3 is 4.42 Å². The zero-order chi connectivity index (χ0) is 22.3. The average Bonchev–Trinajstić information content (AvgIpc) is 3.29. The predicted molar refractivity (Wildman–Crippen MR) is 128 cm³/mol. The predicted octanol–water partition coefficient (Wildman–Crippen LogP) is 7.22. The quantitative estimate of drug-likeness (QED) is 0.159. The number of nitro groups is 1. The molecule has 0 atom stereocenters. The summed E-state index contributed by atoms with van der Waals surface area (Å²) in [6.07, 6.45) is 1.56. The number of rotatable bonds is 4. The Kier molecular flexibility index (Phi) is 6.09. The molecule has 0 N–H and O–H groups in total. The first-order valence-corrected chi connectivity index (χ1v) is 10.9. The van der Waals surface area contributed by atoms with E-state index in [1.807, 2.05) is 0 Å². The lowest BCUT2D eigenvalue weighted by molar-refractivity contribution is -0.384. The van der Waals surface area contributed by atoms with Gasteiger partial charge >= 0.3 is 0 Å². The summed E-state index contributed by atoms with van der Waals surface area (Å²) in [6, 6.07) is 12.5. The Morgan fingerprint density at radius 1 is 1.03 bits per heavy atom. The van der Waals surface area contributed by atoms with Crippen LogP contribution in [0.1, 0.15) is 5.76 Å². The van der Waals surface area contributed by atoms with Gasteiger partial charge in [0.15, 0.2) is 4.32 Å². The van der Waals surface area contributed by atoms with Crippen LogP contribution in [0.15, 0.2) is 57.9 Å². The second-order valence-corrected chi connectivity index (χ2v) is 9.14. The van der Waals surface area contributed by atoms with E-state index in [2.05, 4.69) is 0 Å². The normalized spacial score (nSPS) is 15.2. The van der Waals surface area contributed by atoms with E-state index in [0.29, 0.717) is 42.0 Å². The van der Waals surface area contributed by atoms with E-state index in [1.54, 1.807) is 42.5 Å². The Hall–Kier alpha value is -2.36. The monoisotopic (exact) mass is 510 g/mol.